The largest absolute Gasteiger partial charge is 0.454 e. The second-order valence-corrected chi connectivity index (χ2v) is 8.82. The molecule has 0 unspecified atom stereocenters. The van der Waals surface area contributed by atoms with Crippen LogP contribution in [0.5, 0.6) is 0 Å². The molecule has 2 aromatic carbocycles. The fourth-order valence-corrected chi connectivity index (χ4v) is 3.86. The highest BCUT2D eigenvalue weighted by Crippen LogP contribution is 2.29. The third-order valence-corrected chi connectivity index (χ3v) is 5.89. The van der Waals surface area contributed by atoms with Crippen LogP contribution in [0.3, 0.4) is 0 Å². The molecular weight excluding hydrogens is 456 g/mol. The SMILES string of the molecule is Cc1c(C#N)c(NC(=O)COC(=O)[C@@H](NC(=O)Cc2ccccc2)C(C)C)n(-c2ccccc2)c1C. The van der Waals surface area contributed by atoms with Crippen LogP contribution < -0.4 is 10.6 Å². The molecule has 8 nitrogen and oxygen atoms in total. The van der Waals surface area contributed by atoms with Crippen molar-refractivity contribution in [3.05, 3.63) is 83.0 Å². The number of carbonyl (C=O) groups excluding carboxylic acids is 3. The first kappa shape index (κ1) is 26.2. The number of anilines is 1. The number of rotatable bonds is 9. The number of benzene rings is 2. The van der Waals surface area contributed by atoms with Gasteiger partial charge in [-0.05, 0) is 43.0 Å². The molecule has 2 N–H and O–H groups in total. The summed E-state index contributed by atoms with van der Waals surface area (Å²) in [5.74, 6) is -1.53. The second kappa shape index (κ2) is 11.8. The van der Waals surface area contributed by atoms with Crippen LogP contribution in [0.2, 0.25) is 0 Å². The Balaban J connectivity index is 1.68. The van der Waals surface area contributed by atoms with Crippen LogP contribution in [-0.4, -0.2) is 35.0 Å². The Labute approximate surface area is 210 Å². The van der Waals surface area contributed by atoms with Crippen LogP contribution in [-0.2, 0) is 25.5 Å². The number of carbonyl (C=O) groups is 3. The predicted molar refractivity (Wildman–Crippen MR) is 136 cm³/mol. The van der Waals surface area contributed by atoms with Gasteiger partial charge in [-0.2, -0.15) is 5.26 Å². The topological polar surface area (TPSA) is 113 Å². The van der Waals surface area contributed by atoms with Crippen molar-refractivity contribution < 1.29 is 19.1 Å². The third-order valence-electron chi connectivity index (χ3n) is 5.89. The molecule has 0 bridgehead atoms. The van der Waals surface area contributed by atoms with Crippen molar-refractivity contribution in [1.29, 1.82) is 5.26 Å². The van der Waals surface area contributed by atoms with E-state index in [1.54, 1.807) is 18.4 Å². The lowest BCUT2D eigenvalue weighted by molar-refractivity contribution is -0.151. The number of nitrogens with one attached hydrogen (secondary N) is 2. The van der Waals surface area contributed by atoms with Gasteiger partial charge in [0.1, 0.15) is 17.9 Å². The van der Waals surface area contributed by atoms with E-state index in [1.165, 1.54) is 0 Å². The molecule has 0 radical (unpaired) electrons. The Hall–Kier alpha value is -4.38. The molecule has 1 aromatic heterocycles. The molecule has 186 valence electrons. The van der Waals surface area contributed by atoms with E-state index in [1.807, 2.05) is 74.5 Å². The highest BCUT2D eigenvalue weighted by molar-refractivity contribution is 5.95. The van der Waals surface area contributed by atoms with Gasteiger partial charge in [0.2, 0.25) is 5.91 Å². The number of nitriles is 1. The zero-order chi connectivity index (χ0) is 26.2. The van der Waals surface area contributed by atoms with E-state index >= 15 is 0 Å². The Morgan fingerprint density at radius 3 is 2.17 bits per heavy atom. The minimum Gasteiger partial charge on any atom is -0.454 e. The predicted octanol–water partition coefficient (Wildman–Crippen LogP) is 3.83. The van der Waals surface area contributed by atoms with Crippen LogP contribution in [0, 0.1) is 31.1 Å². The average Bonchev–Trinajstić information content (AvgIpc) is 3.10. The summed E-state index contributed by atoms with van der Waals surface area (Å²) in [6.07, 6.45) is 0.129. The van der Waals surface area contributed by atoms with E-state index in [0.29, 0.717) is 11.4 Å². The molecule has 0 spiro atoms. The molecule has 0 fully saturated rings. The Morgan fingerprint density at radius 1 is 0.972 bits per heavy atom. The van der Waals surface area contributed by atoms with Gasteiger partial charge >= 0.3 is 5.97 Å². The van der Waals surface area contributed by atoms with E-state index in [9.17, 15) is 19.6 Å². The molecular formula is C28H30N4O4. The molecule has 0 saturated heterocycles. The molecule has 3 aromatic rings. The first-order valence-electron chi connectivity index (χ1n) is 11.7. The van der Waals surface area contributed by atoms with E-state index in [-0.39, 0.29) is 18.2 Å². The summed E-state index contributed by atoms with van der Waals surface area (Å²) in [5.41, 5.74) is 3.50. The molecule has 1 atom stereocenters. The Kier molecular flexibility index (Phi) is 8.63. The van der Waals surface area contributed by atoms with Gasteiger partial charge in [-0.25, -0.2) is 4.79 Å². The number of amides is 2. The maximum absolute atomic E-state index is 12.7. The standard InChI is InChI=1S/C28H30N4O4/c1-18(2)26(30-24(33)15-21-11-7-5-8-12-21)28(35)36-17-25(34)31-27-23(16-29)19(3)20(4)32(27)22-13-9-6-10-14-22/h5-14,18,26H,15,17H2,1-4H3,(H,30,33)(H,31,34)/t26-/m0/s1. The fraction of sp³-hybridized carbons (Fsp3) is 0.286. The molecule has 1 heterocycles. The molecule has 2 amide bonds. The van der Waals surface area contributed by atoms with Gasteiger partial charge in [-0.1, -0.05) is 62.4 Å². The smallest absolute Gasteiger partial charge is 0.329 e. The first-order valence-corrected chi connectivity index (χ1v) is 11.7. The van der Waals surface area contributed by atoms with Crippen molar-refractivity contribution in [2.75, 3.05) is 11.9 Å². The minimum absolute atomic E-state index is 0.129. The van der Waals surface area contributed by atoms with Gasteiger partial charge in [0.25, 0.3) is 5.91 Å². The minimum atomic E-state index is -0.902. The van der Waals surface area contributed by atoms with Crippen molar-refractivity contribution in [3.63, 3.8) is 0 Å². The fourth-order valence-electron chi connectivity index (χ4n) is 3.86. The number of esters is 1. The zero-order valence-electron chi connectivity index (χ0n) is 20.9. The summed E-state index contributed by atoms with van der Waals surface area (Å²) < 4.78 is 7.03. The second-order valence-electron chi connectivity index (χ2n) is 8.82. The maximum Gasteiger partial charge on any atom is 0.329 e. The number of nitrogens with zero attached hydrogens (tertiary/aromatic N) is 2. The average molecular weight is 487 g/mol. The summed E-state index contributed by atoms with van der Waals surface area (Å²) in [4.78, 5) is 37.9. The van der Waals surface area contributed by atoms with E-state index in [4.69, 9.17) is 4.74 Å². The number of ether oxygens (including phenoxy) is 1. The van der Waals surface area contributed by atoms with Gasteiger partial charge in [-0.3, -0.25) is 14.2 Å². The number of para-hydroxylation sites is 1. The molecule has 0 aliphatic heterocycles. The van der Waals surface area contributed by atoms with Gasteiger partial charge in [0, 0.05) is 11.4 Å². The Morgan fingerprint density at radius 2 is 1.58 bits per heavy atom. The number of hydrogen-bond acceptors (Lipinski definition) is 5. The number of hydrogen-bond donors (Lipinski definition) is 2. The first-order chi connectivity index (χ1) is 17.2. The lowest BCUT2D eigenvalue weighted by atomic mass is 10.0. The highest BCUT2D eigenvalue weighted by atomic mass is 16.5. The Bertz CT molecular complexity index is 1270. The van der Waals surface area contributed by atoms with Crippen molar-refractivity contribution >= 4 is 23.6 Å². The van der Waals surface area contributed by atoms with Crippen molar-refractivity contribution in [2.45, 2.75) is 40.2 Å². The third kappa shape index (κ3) is 6.19. The highest BCUT2D eigenvalue weighted by Gasteiger charge is 2.27. The summed E-state index contributed by atoms with van der Waals surface area (Å²) >= 11 is 0. The summed E-state index contributed by atoms with van der Waals surface area (Å²) in [5, 5.41) is 15.1. The molecule has 8 heteroatoms. The van der Waals surface area contributed by atoms with E-state index < -0.39 is 24.5 Å². The molecule has 0 aliphatic rings. The van der Waals surface area contributed by atoms with Crippen molar-refractivity contribution in [2.24, 2.45) is 5.92 Å². The van der Waals surface area contributed by atoms with Gasteiger partial charge < -0.3 is 15.4 Å². The molecule has 3 rings (SSSR count). The monoisotopic (exact) mass is 486 g/mol. The van der Waals surface area contributed by atoms with Gasteiger partial charge in [0.05, 0.1) is 12.0 Å². The number of aromatic nitrogens is 1. The quantitative estimate of drug-likeness (QED) is 0.446. The summed E-state index contributed by atoms with van der Waals surface area (Å²) in [7, 11) is 0. The summed E-state index contributed by atoms with van der Waals surface area (Å²) in [6.45, 7) is 6.69. The summed E-state index contributed by atoms with van der Waals surface area (Å²) in [6, 6.07) is 19.8. The van der Waals surface area contributed by atoms with Gasteiger partial charge in [0.15, 0.2) is 6.61 Å². The lowest BCUT2D eigenvalue weighted by Gasteiger charge is -2.21. The molecule has 0 saturated carbocycles. The van der Waals surface area contributed by atoms with Crippen molar-refractivity contribution in [3.8, 4) is 11.8 Å². The van der Waals surface area contributed by atoms with Gasteiger partial charge in [-0.15, -0.1) is 0 Å². The lowest BCUT2D eigenvalue weighted by Crippen LogP contribution is -2.46. The van der Waals surface area contributed by atoms with E-state index in [2.05, 4.69) is 16.7 Å². The van der Waals surface area contributed by atoms with Crippen molar-refractivity contribution in [1.82, 2.24) is 9.88 Å². The van der Waals surface area contributed by atoms with Crippen LogP contribution in [0.15, 0.2) is 60.7 Å². The van der Waals surface area contributed by atoms with Crippen LogP contribution in [0.4, 0.5) is 5.82 Å². The molecule has 0 aliphatic carbocycles. The van der Waals surface area contributed by atoms with Crippen LogP contribution in [0.1, 0.15) is 36.2 Å². The normalized spacial score (nSPS) is 11.4. The maximum atomic E-state index is 12.7. The van der Waals surface area contributed by atoms with E-state index in [0.717, 1.165) is 22.5 Å². The zero-order valence-corrected chi connectivity index (χ0v) is 20.9. The molecule has 36 heavy (non-hydrogen) atoms. The van der Waals surface area contributed by atoms with Crippen LogP contribution in [0.25, 0.3) is 5.69 Å². The van der Waals surface area contributed by atoms with Crippen LogP contribution >= 0.6 is 0 Å².